The molecule has 0 bridgehead atoms. The van der Waals surface area contributed by atoms with Crippen LogP contribution in [0, 0.1) is 0 Å². The lowest BCUT2D eigenvalue weighted by Gasteiger charge is -2.11. The van der Waals surface area contributed by atoms with Gasteiger partial charge in [0.15, 0.2) is 11.6 Å². The van der Waals surface area contributed by atoms with Crippen LogP contribution in [0.1, 0.15) is 0 Å². The summed E-state index contributed by atoms with van der Waals surface area (Å²) in [6.07, 6.45) is 0. The molecular weight excluding hydrogens is 589 g/mol. The molecule has 0 saturated carbocycles. The van der Waals surface area contributed by atoms with E-state index < -0.39 is 0 Å². The van der Waals surface area contributed by atoms with E-state index in [9.17, 15) is 0 Å². The van der Waals surface area contributed by atoms with Gasteiger partial charge in [0.05, 0.1) is 16.6 Å². The third-order valence-electron chi connectivity index (χ3n) is 9.28. The van der Waals surface area contributed by atoms with Gasteiger partial charge in [0.2, 0.25) is 5.95 Å². The van der Waals surface area contributed by atoms with Crippen molar-refractivity contribution in [2.24, 2.45) is 0 Å². The van der Waals surface area contributed by atoms with Crippen molar-refractivity contribution in [3.8, 4) is 39.9 Å². The molecule has 0 unspecified atom stereocenters. The Hall–Kier alpha value is -6.59. The summed E-state index contributed by atoms with van der Waals surface area (Å²) in [5.74, 6) is 1.71. The van der Waals surface area contributed by atoms with Crippen LogP contribution in [0.15, 0.2) is 162 Å². The lowest BCUT2D eigenvalue weighted by molar-refractivity contribution is 0.670. The Morgan fingerprint density at radius 1 is 0.375 bits per heavy atom. The van der Waals surface area contributed by atoms with E-state index in [4.69, 9.17) is 19.4 Å². The predicted molar refractivity (Wildman–Crippen MR) is 195 cm³/mol. The molecule has 10 aromatic rings. The molecule has 0 fully saturated rings. The van der Waals surface area contributed by atoms with Crippen LogP contribution in [0.5, 0.6) is 0 Å². The summed E-state index contributed by atoms with van der Waals surface area (Å²) in [5, 5.41) is 6.75. The Morgan fingerprint density at radius 2 is 0.896 bits per heavy atom. The van der Waals surface area contributed by atoms with Crippen LogP contribution < -0.4 is 0 Å². The van der Waals surface area contributed by atoms with Gasteiger partial charge in [0.1, 0.15) is 11.2 Å². The molecule has 7 aromatic carbocycles. The zero-order valence-electron chi connectivity index (χ0n) is 25.7. The lowest BCUT2D eigenvalue weighted by atomic mass is 9.96. The Labute approximate surface area is 275 Å². The van der Waals surface area contributed by atoms with Crippen LogP contribution in [-0.4, -0.2) is 19.5 Å². The summed E-state index contributed by atoms with van der Waals surface area (Å²) in [4.78, 5) is 15.4. The molecule has 0 aliphatic rings. The van der Waals surface area contributed by atoms with E-state index in [-0.39, 0.29) is 0 Å². The number of rotatable bonds is 4. The number of para-hydroxylation sites is 4. The van der Waals surface area contributed by atoms with Crippen LogP contribution in [0.3, 0.4) is 0 Å². The highest BCUT2D eigenvalue weighted by molar-refractivity contribution is 6.14. The maximum atomic E-state index is 6.88. The van der Waals surface area contributed by atoms with Crippen LogP contribution in [-0.2, 0) is 0 Å². The largest absolute Gasteiger partial charge is 0.455 e. The first kappa shape index (κ1) is 26.6. The molecule has 0 aliphatic heterocycles. The van der Waals surface area contributed by atoms with Gasteiger partial charge in [-0.3, -0.25) is 4.57 Å². The van der Waals surface area contributed by atoms with Crippen molar-refractivity contribution in [1.82, 2.24) is 19.5 Å². The number of nitrogens with zero attached hydrogens (tertiary/aromatic N) is 4. The highest BCUT2D eigenvalue weighted by Crippen LogP contribution is 2.41. The van der Waals surface area contributed by atoms with Gasteiger partial charge in [-0.1, -0.05) is 140 Å². The average molecular weight is 615 g/mol. The third-order valence-corrected chi connectivity index (χ3v) is 9.28. The normalized spacial score (nSPS) is 11.8. The van der Waals surface area contributed by atoms with Gasteiger partial charge in [0, 0.05) is 32.7 Å². The zero-order valence-corrected chi connectivity index (χ0v) is 25.7. The lowest BCUT2D eigenvalue weighted by Crippen LogP contribution is -2.06. The van der Waals surface area contributed by atoms with Gasteiger partial charge in [-0.2, -0.15) is 9.97 Å². The maximum Gasteiger partial charge on any atom is 0.238 e. The highest BCUT2D eigenvalue weighted by atomic mass is 16.3. The molecule has 5 heteroatoms. The minimum Gasteiger partial charge on any atom is -0.455 e. The number of hydrogen-bond donors (Lipinski definition) is 0. The van der Waals surface area contributed by atoms with Gasteiger partial charge >= 0.3 is 0 Å². The quantitative estimate of drug-likeness (QED) is 0.198. The molecule has 0 atom stereocenters. The van der Waals surface area contributed by atoms with Gasteiger partial charge in [-0.15, -0.1) is 0 Å². The molecule has 0 amide bonds. The molecule has 48 heavy (non-hydrogen) atoms. The van der Waals surface area contributed by atoms with Crippen LogP contribution in [0.25, 0.3) is 94.4 Å². The fourth-order valence-electron chi connectivity index (χ4n) is 7.11. The number of fused-ring (bicyclic) bond motifs is 7. The monoisotopic (exact) mass is 614 g/mol. The summed E-state index contributed by atoms with van der Waals surface area (Å²) < 4.78 is 9.02. The molecule has 0 radical (unpaired) electrons. The number of furan rings is 1. The molecule has 224 valence electrons. The second-order valence-corrected chi connectivity index (χ2v) is 12.0. The first-order valence-electron chi connectivity index (χ1n) is 16.0. The summed E-state index contributed by atoms with van der Waals surface area (Å²) in [6, 6.07) is 54.4. The van der Waals surface area contributed by atoms with Crippen molar-refractivity contribution in [3.63, 3.8) is 0 Å². The molecule has 10 rings (SSSR count). The number of benzene rings is 7. The van der Waals surface area contributed by atoms with E-state index in [0.717, 1.165) is 66.0 Å². The topological polar surface area (TPSA) is 56.7 Å². The van der Waals surface area contributed by atoms with E-state index in [1.165, 1.54) is 10.8 Å². The molecule has 0 saturated heterocycles. The first-order chi connectivity index (χ1) is 23.8. The van der Waals surface area contributed by atoms with Crippen LogP contribution in [0.4, 0.5) is 0 Å². The summed E-state index contributed by atoms with van der Waals surface area (Å²) in [7, 11) is 0. The van der Waals surface area contributed by atoms with E-state index >= 15 is 0 Å². The van der Waals surface area contributed by atoms with E-state index in [2.05, 4.69) is 126 Å². The summed E-state index contributed by atoms with van der Waals surface area (Å²) >= 11 is 0. The molecule has 3 aromatic heterocycles. The predicted octanol–water partition coefficient (Wildman–Crippen LogP) is 11.0. The molecule has 5 nitrogen and oxygen atoms in total. The fourth-order valence-corrected chi connectivity index (χ4v) is 7.11. The summed E-state index contributed by atoms with van der Waals surface area (Å²) in [5.41, 5.74) is 7.59. The van der Waals surface area contributed by atoms with Crippen molar-refractivity contribution in [1.29, 1.82) is 0 Å². The Morgan fingerprint density at radius 3 is 1.65 bits per heavy atom. The SMILES string of the molecule is c1ccc(-c2nc(-c3cccc4c3oc3c(-c5cccc6ccccc56)cccc34)nc(-n3c4ccccc4c4ccccc43)n2)cc1. The van der Waals surface area contributed by atoms with Crippen molar-refractivity contribution in [2.75, 3.05) is 0 Å². The van der Waals surface area contributed by atoms with Crippen LogP contribution >= 0.6 is 0 Å². The van der Waals surface area contributed by atoms with Crippen molar-refractivity contribution in [3.05, 3.63) is 158 Å². The second-order valence-electron chi connectivity index (χ2n) is 12.0. The van der Waals surface area contributed by atoms with Gasteiger partial charge < -0.3 is 4.42 Å². The van der Waals surface area contributed by atoms with Crippen molar-refractivity contribution < 1.29 is 4.42 Å². The highest BCUT2D eigenvalue weighted by Gasteiger charge is 2.21. The second kappa shape index (κ2) is 10.5. The molecule has 3 heterocycles. The Bertz CT molecular complexity index is 2790. The Kier molecular flexibility index (Phi) is 5.81. The third kappa shape index (κ3) is 4.01. The smallest absolute Gasteiger partial charge is 0.238 e. The minimum absolute atomic E-state index is 0.553. The average Bonchev–Trinajstić information content (AvgIpc) is 3.71. The summed E-state index contributed by atoms with van der Waals surface area (Å²) in [6.45, 7) is 0. The van der Waals surface area contributed by atoms with E-state index in [1.54, 1.807) is 0 Å². The van der Waals surface area contributed by atoms with E-state index in [1.807, 2.05) is 36.4 Å². The molecular formula is C43H26N4O. The Balaban J connectivity index is 1.25. The van der Waals surface area contributed by atoms with E-state index in [0.29, 0.717) is 17.6 Å². The molecule has 0 aliphatic carbocycles. The number of hydrogen-bond acceptors (Lipinski definition) is 4. The fraction of sp³-hybridized carbons (Fsp3) is 0. The van der Waals surface area contributed by atoms with Gasteiger partial charge in [-0.25, -0.2) is 4.98 Å². The zero-order chi connectivity index (χ0) is 31.6. The van der Waals surface area contributed by atoms with Gasteiger partial charge in [0.25, 0.3) is 0 Å². The van der Waals surface area contributed by atoms with Crippen molar-refractivity contribution in [2.45, 2.75) is 0 Å². The van der Waals surface area contributed by atoms with Gasteiger partial charge in [-0.05, 0) is 34.5 Å². The standard InChI is InChI=1S/C43H26N4O/c1-2-14-28(15-3-1)41-44-42(46-43(45-41)47-37-25-8-6-18-31(37)32-19-7-9-26-38(32)47)36-24-12-23-35-34-22-11-21-33(39(34)48-40(35)36)30-20-10-16-27-13-4-5-17-29(27)30/h1-26H. The maximum absolute atomic E-state index is 6.88. The van der Waals surface area contributed by atoms with Crippen molar-refractivity contribution >= 4 is 54.5 Å². The minimum atomic E-state index is 0.553. The van der Waals surface area contributed by atoms with Crippen LogP contribution in [0.2, 0.25) is 0 Å². The molecule has 0 spiro atoms. The molecule has 0 N–H and O–H groups in total. The first-order valence-corrected chi connectivity index (χ1v) is 16.0. The number of aromatic nitrogens is 4.